The van der Waals surface area contributed by atoms with E-state index in [0.717, 1.165) is 37.6 Å². The van der Waals surface area contributed by atoms with Gasteiger partial charge in [-0.1, -0.05) is 12.1 Å². The molecule has 0 spiro atoms. The van der Waals surface area contributed by atoms with Gasteiger partial charge in [-0.05, 0) is 54.2 Å². The van der Waals surface area contributed by atoms with Crippen LogP contribution in [0.3, 0.4) is 0 Å². The number of nitrogens with zero attached hydrogens (tertiary/aromatic N) is 1. The van der Waals surface area contributed by atoms with E-state index >= 15 is 0 Å². The molecule has 1 fully saturated rings. The second-order valence-corrected chi connectivity index (χ2v) is 6.00. The van der Waals surface area contributed by atoms with Crippen molar-refractivity contribution in [2.45, 2.75) is 26.0 Å². The molecular weight excluding hydrogens is 288 g/mol. The molecule has 23 heavy (non-hydrogen) atoms. The van der Waals surface area contributed by atoms with Gasteiger partial charge in [-0.3, -0.25) is 4.98 Å². The highest BCUT2D eigenvalue weighted by molar-refractivity contribution is 5.27. The average molecular weight is 312 g/mol. The molecule has 0 aliphatic carbocycles. The number of ether oxygens (including phenoxy) is 2. The first-order chi connectivity index (χ1) is 11.4. The predicted octanol–water partition coefficient (Wildman–Crippen LogP) is 3.18. The van der Waals surface area contributed by atoms with Crippen molar-refractivity contribution in [1.29, 1.82) is 0 Å². The van der Waals surface area contributed by atoms with Gasteiger partial charge in [0, 0.05) is 32.1 Å². The highest BCUT2D eigenvalue weighted by atomic mass is 16.5. The number of hydrogen-bond acceptors (Lipinski definition) is 4. The molecule has 2 aromatic rings. The highest BCUT2D eigenvalue weighted by Crippen LogP contribution is 2.15. The van der Waals surface area contributed by atoms with E-state index in [0.29, 0.717) is 12.5 Å². The summed E-state index contributed by atoms with van der Waals surface area (Å²) in [5, 5.41) is 3.52. The Morgan fingerprint density at radius 1 is 1.09 bits per heavy atom. The number of hydrogen-bond donors (Lipinski definition) is 1. The summed E-state index contributed by atoms with van der Waals surface area (Å²) in [6, 6.07) is 12.2. The molecule has 1 aromatic heterocycles. The third-order valence-electron chi connectivity index (χ3n) is 4.09. The Balaban J connectivity index is 1.40. The zero-order valence-electron chi connectivity index (χ0n) is 13.4. The number of aromatic nitrogens is 1. The van der Waals surface area contributed by atoms with Crippen LogP contribution in [0.1, 0.15) is 24.0 Å². The SMILES string of the molecule is c1cc(COc2ccc(CNCC3CCCOC3)cc2)ccn1. The summed E-state index contributed by atoms with van der Waals surface area (Å²) in [5.74, 6) is 1.55. The Bertz CT molecular complexity index is 566. The minimum absolute atomic E-state index is 0.571. The number of benzene rings is 1. The number of pyridine rings is 1. The minimum atomic E-state index is 0.571. The monoisotopic (exact) mass is 312 g/mol. The smallest absolute Gasteiger partial charge is 0.119 e. The fourth-order valence-electron chi connectivity index (χ4n) is 2.74. The zero-order chi connectivity index (χ0) is 15.7. The molecule has 122 valence electrons. The first-order valence-corrected chi connectivity index (χ1v) is 8.29. The number of nitrogens with one attached hydrogen (secondary N) is 1. The van der Waals surface area contributed by atoms with E-state index in [1.54, 1.807) is 12.4 Å². The fraction of sp³-hybridized carbons (Fsp3) is 0.421. The van der Waals surface area contributed by atoms with Gasteiger partial charge in [0.1, 0.15) is 12.4 Å². The van der Waals surface area contributed by atoms with Crippen molar-refractivity contribution in [2.24, 2.45) is 5.92 Å². The van der Waals surface area contributed by atoms with Gasteiger partial charge in [0.15, 0.2) is 0 Å². The van der Waals surface area contributed by atoms with Gasteiger partial charge in [0.25, 0.3) is 0 Å². The molecule has 1 unspecified atom stereocenters. The topological polar surface area (TPSA) is 43.4 Å². The van der Waals surface area contributed by atoms with Crippen LogP contribution in [0.4, 0.5) is 0 Å². The Morgan fingerprint density at radius 2 is 1.91 bits per heavy atom. The summed E-state index contributed by atoms with van der Waals surface area (Å²) in [4.78, 5) is 4.00. The summed E-state index contributed by atoms with van der Waals surface area (Å²) in [6.45, 7) is 4.31. The third kappa shape index (κ3) is 5.34. The van der Waals surface area contributed by atoms with E-state index in [2.05, 4.69) is 22.4 Å². The van der Waals surface area contributed by atoms with Gasteiger partial charge in [0.05, 0.1) is 6.61 Å². The van der Waals surface area contributed by atoms with Crippen molar-refractivity contribution in [3.05, 3.63) is 59.9 Å². The molecule has 0 bridgehead atoms. The van der Waals surface area contributed by atoms with Gasteiger partial charge < -0.3 is 14.8 Å². The van der Waals surface area contributed by atoms with Gasteiger partial charge in [0.2, 0.25) is 0 Å². The van der Waals surface area contributed by atoms with E-state index in [-0.39, 0.29) is 0 Å². The van der Waals surface area contributed by atoms with E-state index in [1.807, 2.05) is 24.3 Å². The molecule has 0 radical (unpaired) electrons. The van der Waals surface area contributed by atoms with Gasteiger partial charge in [-0.2, -0.15) is 0 Å². The van der Waals surface area contributed by atoms with Gasteiger partial charge >= 0.3 is 0 Å². The summed E-state index contributed by atoms with van der Waals surface area (Å²) in [5.41, 5.74) is 2.40. The zero-order valence-corrected chi connectivity index (χ0v) is 13.4. The number of rotatable bonds is 7. The molecule has 1 N–H and O–H groups in total. The summed E-state index contributed by atoms with van der Waals surface area (Å²) in [7, 11) is 0. The second kappa shape index (κ2) is 8.65. The molecule has 0 amide bonds. The summed E-state index contributed by atoms with van der Waals surface area (Å²) < 4.78 is 11.3. The summed E-state index contributed by atoms with van der Waals surface area (Å²) in [6.07, 6.45) is 6.03. The first-order valence-electron chi connectivity index (χ1n) is 8.29. The molecule has 0 saturated carbocycles. The molecule has 4 nitrogen and oxygen atoms in total. The van der Waals surface area contributed by atoms with Gasteiger partial charge in [-0.25, -0.2) is 0 Å². The maximum absolute atomic E-state index is 5.78. The lowest BCUT2D eigenvalue weighted by Crippen LogP contribution is -2.28. The van der Waals surface area contributed by atoms with E-state index in [1.165, 1.54) is 18.4 Å². The van der Waals surface area contributed by atoms with Crippen LogP contribution in [-0.4, -0.2) is 24.7 Å². The van der Waals surface area contributed by atoms with E-state index in [4.69, 9.17) is 9.47 Å². The van der Waals surface area contributed by atoms with Crippen LogP contribution < -0.4 is 10.1 Å². The van der Waals surface area contributed by atoms with Crippen molar-refractivity contribution in [2.75, 3.05) is 19.8 Å². The molecule has 1 atom stereocenters. The molecular formula is C19H24N2O2. The normalized spacial score (nSPS) is 17.8. The van der Waals surface area contributed by atoms with Crippen LogP contribution in [0.2, 0.25) is 0 Å². The maximum Gasteiger partial charge on any atom is 0.119 e. The highest BCUT2D eigenvalue weighted by Gasteiger charge is 2.12. The largest absolute Gasteiger partial charge is 0.489 e. The lowest BCUT2D eigenvalue weighted by molar-refractivity contribution is 0.0547. The van der Waals surface area contributed by atoms with Crippen molar-refractivity contribution in [1.82, 2.24) is 10.3 Å². The molecule has 1 aliphatic rings. The Kier molecular flexibility index (Phi) is 6.01. The Labute approximate surface area is 137 Å². The Hall–Kier alpha value is -1.91. The quantitative estimate of drug-likeness (QED) is 0.853. The van der Waals surface area contributed by atoms with Crippen LogP contribution in [0.5, 0.6) is 5.75 Å². The van der Waals surface area contributed by atoms with Crippen LogP contribution >= 0.6 is 0 Å². The van der Waals surface area contributed by atoms with Crippen molar-refractivity contribution >= 4 is 0 Å². The standard InChI is InChI=1S/C19H24N2O2/c1-2-18(14-22-11-1)13-21-12-16-3-5-19(6-4-16)23-15-17-7-9-20-10-8-17/h3-10,18,21H,1-2,11-15H2. The van der Waals surface area contributed by atoms with Crippen LogP contribution in [0.15, 0.2) is 48.8 Å². The molecule has 1 saturated heterocycles. The van der Waals surface area contributed by atoms with E-state index in [9.17, 15) is 0 Å². The second-order valence-electron chi connectivity index (χ2n) is 6.00. The molecule has 1 aliphatic heterocycles. The van der Waals surface area contributed by atoms with Crippen molar-refractivity contribution in [3.63, 3.8) is 0 Å². The van der Waals surface area contributed by atoms with Crippen LogP contribution in [0.25, 0.3) is 0 Å². The molecule has 1 aromatic carbocycles. The Morgan fingerprint density at radius 3 is 2.65 bits per heavy atom. The van der Waals surface area contributed by atoms with Crippen molar-refractivity contribution < 1.29 is 9.47 Å². The summed E-state index contributed by atoms with van der Waals surface area (Å²) >= 11 is 0. The van der Waals surface area contributed by atoms with E-state index < -0.39 is 0 Å². The molecule has 3 rings (SSSR count). The third-order valence-corrected chi connectivity index (χ3v) is 4.09. The minimum Gasteiger partial charge on any atom is -0.489 e. The lowest BCUT2D eigenvalue weighted by atomic mass is 10.0. The van der Waals surface area contributed by atoms with Crippen molar-refractivity contribution in [3.8, 4) is 5.75 Å². The first kappa shape index (κ1) is 16.0. The maximum atomic E-state index is 5.78. The van der Waals surface area contributed by atoms with Crippen LogP contribution in [-0.2, 0) is 17.9 Å². The average Bonchev–Trinajstić information content (AvgIpc) is 2.63. The molecule has 4 heteroatoms. The molecule has 2 heterocycles. The fourth-order valence-corrected chi connectivity index (χ4v) is 2.74. The van der Waals surface area contributed by atoms with Crippen LogP contribution in [0, 0.1) is 5.92 Å². The predicted molar refractivity (Wildman–Crippen MR) is 90.3 cm³/mol. The van der Waals surface area contributed by atoms with Gasteiger partial charge in [-0.15, -0.1) is 0 Å². The lowest BCUT2D eigenvalue weighted by Gasteiger charge is -2.22.